The first-order valence-electron chi connectivity index (χ1n) is 8.29. The Balaban J connectivity index is 1.59. The van der Waals surface area contributed by atoms with Gasteiger partial charge in [0, 0.05) is 31.7 Å². The normalized spacial score (nSPS) is 17.0. The lowest BCUT2D eigenvalue weighted by atomic mass is 10.1. The van der Waals surface area contributed by atoms with Gasteiger partial charge in [0.15, 0.2) is 0 Å². The number of fused-ring (bicyclic) bond motifs is 1. The number of hydrogen-bond donors (Lipinski definition) is 2. The molecule has 1 aliphatic rings. The van der Waals surface area contributed by atoms with Crippen LogP contribution in [-0.4, -0.2) is 48.0 Å². The number of nitrogens with zero attached hydrogens (tertiary/aromatic N) is 2. The highest BCUT2D eigenvalue weighted by Gasteiger charge is 2.33. The molecule has 6 nitrogen and oxygen atoms in total. The van der Waals surface area contributed by atoms with Crippen molar-refractivity contribution in [1.82, 2.24) is 20.5 Å². The monoisotopic (exact) mass is 326 g/mol. The SMILES string of the molecule is CNC(=O)[C@H]1CCCN1C(=O)NCCc1cccc2cccnc12. The molecule has 1 aromatic heterocycles. The first-order chi connectivity index (χ1) is 11.7. The average molecular weight is 326 g/mol. The minimum Gasteiger partial charge on any atom is -0.357 e. The van der Waals surface area contributed by atoms with Gasteiger partial charge in [0.2, 0.25) is 5.91 Å². The second kappa shape index (κ2) is 7.29. The van der Waals surface area contributed by atoms with Gasteiger partial charge < -0.3 is 15.5 Å². The van der Waals surface area contributed by atoms with Gasteiger partial charge >= 0.3 is 6.03 Å². The smallest absolute Gasteiger partial charge is 0.318 e. The minimum absolute atomic E-state index is 0.0964. The zero-order valence-electron chi connectivity index (χ0n) is 13.8. The van der Waals surface area contributed by atoms with Gasteiger partial charge in [-0.3, -0.25) is 9.78 Å². The second-order valence-corrected chi connectivity index (χ2v) is 5.94. The van der Waals surface area contributed by atoms with E-state index in [0.717, 1.165) is 29.3 Å². The van der Waals surface area contributed by atoms with Crippen LogP contribution in [0.3, 0.4) is 0 Å². The van der Waals surface area contributed by atoms with E-state index in [1.807, 2.05) is 30.3 Å². The second-order valence-electron chi connectivity index (χ2n) is 5.94. The van der Waals surface area contributed by atoms with Crippen molar-refractivity contribution >= 4 is 22.8 Å². The lowest BCUT2D eigenvalue weighted by Gasteiger charge is -2.23. The van der Waals surface area contributed by atoms with E-state index in [1.165, 1.54) is 0 Å². The van der Waals surface area contributed by atoms with E-state index in [9.17, 15) is 9.59 Å². The molecule has 2 heterocycles. The van der Waals surface area contributed by atoms with Crippen LogP contribution >= 0.6 is 0 Å². The van der Waals surface area contributed by atoms with Crippen molar-refractivity contribution in [1.29, 1.82) is 0 Å². The summed E-state index contributed by atoms with van der Waals surface area (Å²) in [5.41, 5.74) is 2.08. The molecule has 0 spiro atoms. The summed E-state index contributed by atoms with van der Waals surface area (Å²) in [4.78, 5) is 30.2. The third-order valence-corrected chi connectivity index (χ3v) is 4.45. The molecule has 2 N–H and O–H groups in total. The highest BCUT2D eigenvalue weighted by Crippen LogP contribution is 2.18. The number of nitrogens with one attached hydrogen (secondary N) is 2. The molecule has 1 atom stereocenters. The molecule has 126 valence electrons. The van der Waals surface area contributed by atoms with Crippen LogP contribution in [0.2, 0.25) is 0 Å². The Morgan fingerprint density at radius 1 is 1.29 bits per heavy atom. The van der Waals surface area contributed by atoms with Crippen molar-refractivity contribution in [2.75, 3.05) is 20.1 Å². The highest BCUT2D eigenvalue weighted by atomic mass is 16.2. The summed E-state index contributed by atoms with van der Waals surface area (Å²) < 4.78 is 0. The Hall–Kier alpha value is -2.63. The van der Waals surface area contributed by atoms with Crippen LogP contribution in [0.5, 0.6) is 0 Å². The number of urea groups is 1. The Kier molecular flexibility index (Phi) is 4.93. The van der Waals surface area contributed by atoms with E-state index >= 15 is 0 Å². The topological polar surface area (TPSA) is 74.3 Å². The number of likely N-dealkylation sites (N-methyl/N-ethyl adjacent to an activating group) is 1. The minimum atomic E-state index is -0.353. The van der Waals surface area contributed by atoms with Gasteiger partial charge in [-0.25, -0.2) is 4.79 Å². The van der Waals surface area contributed by atoms with Crippen LogP contribution < -0.4 is 10.6 Å². The molecule has 1 aliphatic heterocycles. The lowest BCUT2D eigenvalue weighted by molar-refractivity contribution is -0.124. The molecule has 0 saturated carbocycles. The molecule has 0 radical (unpaired) electrons. The number of amides is 3. The van der Waals surface area contributed by atoms with Gasteiger partial charge in [0.05, 0.1) is 5.52 Å². The van der Waals surface area contributed by atoms with E-state index in [-0.39, 0.29) is 18.0 Å². The number of pyridine rings is 1. The van der Waals surface area contributed by atoms with Crippen molar-refractivity contribution in [3.63, 3.8) is 0 Å². The van der Waals surface area contributed by atoms with Crippen molar-refractivity contribution in [3.8, 4) is 0 Å². The van der Waals surface area contributed by atoms with E-state index in [0.29, 0.717) is 19.5 Å². The Morgan fingerprint density at radius 3 is 2.96 bits per heavy atom. The summed E-state index contributed by atoms with van der Waals surface area (Å²) in [6.07, 6.45) is 4.07. The summed E-state index contributed by atoms with van der Waals surface area (Å²) in [5.74, 6) is -0.0964. The Labute approximate surface area is 141 Å². The predicted octanol–water partition coefficient (Wildman–Crippen LogP) is 1.70. The van der Waals surface area contributed by atoms with Gasteiger partial charge in [0.25, 0.3) is 0 Å². The van der Waals surface area contributed by atoms with Crippen molar-refractivity contribution in [3.05, 3.63) is 42.1 Å². The molecule has 0 bridgehead atoms. The molecular weight excluding hydrogens is 304 g/mol. The lowest BCUT2D eigenvalue weighted by Crippen LogP contribution is -2.49. The van der Waals surface area contributed by atoms with Crippen molar-refractivity contribution in [2.45, 2.75) is 25.3 Å². The third kappa shape index (κ3) is 3.32. The first-order valence-corrected chi connectivity index (χ1v) is 8.29. The zero-order chi connectivity index (χ0) is 16.9. The maximum atomic E-state index is 12.3. The maximum absolute atomic E-state index is 12.3. The van der Waals surface area contributed by atoms with Gasteiger partial charge in [-0.1, -0.05) is 24.3 Å². The number of carbonyl (C=O) groups excluding carboxylic acids is 2. The quantitative estimate of drug-likeness (QED) is 0.898. The van der Waals surface area contributed by atoms with Gasteiger partial charge in [-0.2, -0.15) is 0 Å². The fourth-order valence-electron chi connectivity index (χ4n) is 3.22. The number of aromatic nitrogens is 1. The van der Waals surface area contributed by atoms with Crippen molar-refractivity contribution < 1.29 is 9.59 Å². The molecule has 0 unspecified atom stereocenters. The molecule has 3 rings (SSSR count). The van der Waals surface area contributed by atoms with Crippen LogP contribution in [0.15, 0.2) is 36.5 Å². The third-order valence-electron chi connectivity index (χ3n) is 4.45. The largest absolute Gasteiger partial charge is 0.357 e. The predicted molar refractivity (Wildman–Crippen MR) is 92.6 cm³/mol. The van der Waals surface area contributed by atoms with Gasteiger partial charge in [0.1, 0.15) is 6.04 Å². The Bertz CT molecular complexity index is 741. The van der Waals surface area contributed by atoms with Crippen molar-refractivity contribution in [2.24, 2.45) is 0 Å². The first kappa shape index (κ1) is 16.2. The molecule has 1 fully saturated rings. The fraction of sp³-hybridized carbons (Fsp3) is 0.389. The maximum Gasteiger partial charge on any atom is 0.318 e. The molecule has 1 saturated heterocycles. The molecule has 3 amide bonds. The molecule has 6 heteroatoms. The number of likely N-dealkylation sites (tertiary alicyclic amines) is 1. The van der Waals surface area contributed by atoms with Crippen LogP contribution in [0.25, 0.3) is 10.9 Å². The number of hydrogen-bond acceptors (Lipinski definition) is 3. The standard InChI is InChI=1S/C18H22N4O2/c1-19-17(23)15-8-4-12-22(15)18(24)21-11-9-14-6-2-5-13-7-3-10-20-16(13)14/h2-3,5-7,10,15H,4,8-9,11-12H2,1H3,(H,19,23)(H,21,24)/t15-/m1/s1. The zero-order valence-corrected chi connectivity index (χ0v) is 13.8. The highest BCUT2D eigenvalue weighted by molar-refractivity contribution is 5.87. The average Bonchev–Trinajstić information content (AvgIpc) is 3.11. The Morgan fingerprint density at radius 2 is 2.12 bits per heavy atom. The van der Waals surface area contributed by atoms with Gasteiger partial charge in [-0.05, 0) is 30.9 Å². The summed E-state index contributed by atoms with van der Waals surface area (Å²) in [7, 11) is 1.60. The summed E-state index contributed by atoms with van der Waals surface area (Å²) in [6, 6.07) is 9.49. The molecular formula is C18H22N4O2. The fourth-order valence-corrected chi connectivity index (χ4v) is 3.22. The van der Waals surface area contributed by atoms with E-state index in [2.05, 4.69) is 15.6 Å². The number of benzene rings is 1. The number of para-hydroxylation sites is 1. The molecule has 24 heavy (non-hydrogen) atoms. The van der Waals surface area contributed by atoms with E-state index < -0.39 is 0 Å². The molecule has 1 aromatic carbocycles. The summed E-state index contributed by atoms with van der Waals surface area (Å²) in [6.45, 7) is 1.14. The number of carbonyl (C=O) groups is 2. The molecule has 0 aliphatic carbocycles. The number of rotatable bonds is 4. The van der Waals surface area contributed by atoms with Gasteiger partial charge in [-0.15, -0.1) is 0 Å². The van der Waals surface area contributed by atoms with E-state index in [4.69, 9.17) is 0 Å². The van der Waals surface area contributed by atoms with Crippen LogP contribution in [0.4, 0.5) is 4.79 Å². The summed E-state index contributed by atoms with van der Waals surface area (Å²) in [5, 5.41) is 6.65. The summed E-state index contributed by atoms with van der Waals surface area (Å²) >= 11 is 0. The van der Waals surface area contributed by atoms with Crippen LogP contribution in [-0.2, 0) is 11.2 Å². The molecule has 2 aromatic rings. The van der Waals surface area contributed by atoms with E-state index in [1.54, 1.807) is 18.1 Å². The van der Waals surface area contributed by atoms with Crippen LogP contribution in [0.1, 0.15) is 18.4 Å². The van der Waals surface area contributed by atoms with Crippen LogP contribution in [0, 0.1) is 0 Å².